The highest BCUT2D eigenvalue weighted by Gasteiger charge is 2.08. The van der Waals surface area contributed by atoms with Crippen LogP contribution in [-0.4, -0.2) is 14.7 Å². The highest BCUT2D eigenvalue weighted by Crippen LogP contribution is 2.24. The number of rotatable bonds is 5. The highest BCUT2D eigenvalue weighted by molar-refractivity contribution is 6.30. The first-order valence-electron chi connectivity index (χ1n) is 6.05. The molecule has 1 aromatic heterocycles. The minimum Gasteiger partial charge on any atom is -0.508 e. The maximum absolute atomic E-state index is 9.83. The van der Waals surface area contributed by atoms with Gasteiger partial charge in [0.15, 0.2) is 0 Å². The van der Waals surface area contributed by atoms with E-state index in [-0.39, 0.29) is 5.75 Å². The highest BCUT2D eigenvalue weighted by atomic mass is 35.5. The zero-order chi connectivity index (χ0) is 13.7. The Kier molecular flexibility index (Phi) is 4.43. The van der Waals surface area contributed by atoms with Gasteiger partial charge in [0.25, 0.3) is 0 Å². The molecule has 1 heterocycles. The van der Waals surface area contributed by atoms with Gasteiger partial charge in [-0.25, -0.2) is 4.98 Å². The fraction of sp³-hybridized carbons (Fsp3) is 0.286. The van der Waals surface area contributed by atoms with Gasteiger partial charge >= 0.3 is 0 Å². The molecule has 0 aliphatic heterocycles. The van der Waals surface area contributed by atoms with Crippen LogP contribution in [0.25, 0.3) is 0 Å². The Morgan fingerprint density at radius 3 is 3.00 bits per heavy atom. The summed E-state index contributed by atoms with van der Waals surface area (Å²) in [7, 11) is 0. The summed E-state index contributed by atoms with van der Waals surface area (Å²) >= 11 is 5.80. The van der Waals surface area contributed by atoms with Crippen molar-refractivity contribution in [2.45, 2.75) is 25.8 Å². The Morgan fingerprint density at radius 1 is 1.42 bits per heavy atom. The van der Waals surface area contributed by atoms with E-state index in [1.54, 1.807) is 18.3 Å². The van der Waals surface area contributed by atoms with Crippen LogP contribution in [0.5, 0.6) is 5.75 Å². The SMILES string of the molecule is N#CCCCn1ccnc1Cc1ccc(Cl)cc1O. The van der Waals surface area contributed by atoms with Gasteiger partial charge in [-0.15, -0.1) is 0 Å². The molecule has 0 spiro atoms. The molecule has 2 aromatic rings. The van der Waals surface area contributed by atoms with Gasteiger partial charge in [0.2, 0.25) is 0 Å². The lowest BCUT2D eigenvalue weighted by Gasteiger charge is -2.08. The number of phenols is 1. The number of phenolic OH excluding ortho intramolecular Hbond substituents is 1. The second kappa shape index (κ2) is 6.26. The molecule has 4 nitrogen and oxygen atoms in total. The summed E-state index contributed by atoms with van der Waals surface area (Å²) in [4.78, 5) is 4.29. The van der Waals surface area contributed by atoms with Crippen LogP contribution < -0.4 is 0 Å². The van der Waals surface area contributed by atoms with Gasteiger partial charge in [-0.1, -0.05) is 17.7 Å². The average Bonchev–Trinajstić information content (AvgIpc) is 2.81. The van der Waals surface area contributed by atoms with Crippen molar-refractivity contribution in [2.24, 2.45) is 0 Å². The number of aromatic hydroxyl groups is 1. The van der Waals surface area contributed by atoms with E-state index in [9.17, 15) is 5.11 Å². The standard InChI is InChI=1S/C14H14ClN3O/c15-12-4-3-11(13(19)10-12)9-14-17-6-8-18(14)7-2-1-5-16/h3-4,6,8,10,19H,1-2,7,9H2. The molecular formula is C14H14ClN3O. The molecular weight excluding hydrogens is 262 g/mol. The van der Waals surface area contributed by atoms with Gasteiger partial charge in [0.1, 0.15) is 11.6 Å². The fourth-order valence-electron chi connectivity index (χ4n) is 1.90. The lowest BCUT2D eigenvalue weighted by Crippen LogP contribution is -2.04. The molecule has 5 heteroatoms. The second-order valence-corrected chi connectivity index (χ2v) is 4.68. The van der Waals surface area contributed by atoms with Gasteiger partial charge < -0.3 is 9.67 Å². The number of benzene rings is 1. The summed E-state index contributed by atoms with van der Waals surface area (Å²) in [5.74, 6) is 1.05. The van der Waals surface area contributed by atoms with E-state index >= 15 is 0 Å². The summed E-state index contributed by atoms with van der Waals surface area (Å²) in [6.45, 7) is 0.761. The summed E-state index contributed by atoms with van der Waals surface area (Å²) < 4.78 is 2.01. The van der Waals surface area contributed by atoms with Crippen molar-refractivity contribution in [2.75, 3.05) is 0 Å². The molecule has 0 fully saturated rings. The number of aryl methyl sites for hydroxylation is 1. The number of hydrogen-bond donors (Lipinski definition) is 1. The third-order valence-corrected chi connectivity index (χ3v) is 3.12. The van der Waals surface area contributed by atoms with E-state index in [4.69, 9.17) is 16.9 Å². The van der Waals surface area contributed by atoms with Gasteiger partial charge in [-0.3, -0.25) is 0 Å². The molecule has 0 radical (unpaired) electrons. The van der Waals surface area contributed by atoms with Crippen molar-refractivity contribution >= 4 is 11.6 Å². The third kappa shape index (κ3) is 3.49. The lowest BCUT2D eigenvalue weighted by molar-refractivity contribution is 0.468. The van der Waals surface area contributed by atoms with Crippen LogP contribution in [0.3, 0.4) is 0 Å². The molecule has 2 rings (SSSR count). The van der Waals surface area contributed by atoms with Gasteiger partial charge in [0.05, 0.1) is 6.07 Å². The van der Waals surface area contributed by atoms with Crippen molar-refractivity contribution in [1.82, 2.24) is 9.55 Å². The van der Waals surface area contributed by atoms with Crippen LogP contribution in [0.4, 0.5) is 0 Å². The van der Waals surface area contributed by atoms with Crippen LogP contribution in [0.1, 0.15) is 24.2 Å². The quantitative estimate of drug-likeness (QED) is 0.853. The molecule has 1 aromatic carbocycles. The minimum absolute atomic E-state index is 0.180. The first-order chi connectivity index (χ1) is 9.20. The van der Waals surface area contributed by atoms with Gasteiger partial charge in [-0.2, -0.15) is 5.26 Å². The summed E-state index contributed by atoms with van der Waals surface area (Å²) in [5, 5.41) is 18.9. The summed E-state index contributed by atoms with van der Waals surface area (Å²) in [6, 6.07) is 7.20. The summed E-state index contributed by atoms with van der Waals surface area (Å²) in [5.41, 5.74) is 0.789. The molecule has 0 unspecified atom stereocenters. The van der Waals surface area contributed by atoms with Crippen molar-refractivity contribution in [3.05, 3.63) is 47.0 Å². The molecule has 0 bridgehead atoms. The van der Waals surface area contributed by atoms with E-state index in [1.807, 2.05) is 10.8 Å². The number of halogens is 1. The number of nitriles is 1. The lowest BCUT2D eigenvalue weighted by atomic mass is 10.1. The molecule has 0 saturated carbocycles. The van der Waals surface area contributed by atoms with E-state index in [0.717, 1.165) is 24.4 Å². The molecule has 0 aliphatic rings. The molecule has 19 heavy (non-hydrogen) atoms. The summed E-state index contributed by atoms with van der Waals surface area (Å²) in [6.07, 6.45) is 5.49. The number of imidazole rings is 1. The monoisotopic (exact) mass is 275 g/mol. The minimum atomic E-state index is 0.180. The Balaban J connectivity index is 2.11. The van der Waals surface area contributed by atoms with Crippen LogP contribution in [0.2, 0.25) is 5.02 Å². The van der Waals surface area contributed by atoms with E-state index in [2.05, 4.69) is 11.1 Å². The molecule has 0 atom stereocenters. The van der Waals surface area contributed by atoms with Crippen LogP contribution in [0.15, 0.2) is 30.6 Å². The molecule has 0 amide bonds. The Labute approximate surface area is 116 Å². The van der Waals surface area contributed by atoms with Crippen LogP contribution in [-0.2, 0) is 13.0 Å². The number of unbranched alkanes of at least 4 members (excludes halogenated alkanes) is 1. The first-order valence-corrected chi connectivity index (χ1v) is 6.43. The molecule has 1 N–H and O–H groups in total. The molecule has 98 valence electrons. The smallest absolute Gasteiger partial charge is 0.120 e. The van der Waals surface area contributed by atoms with Crippen molar-refractivity contribution < 1.29 is 5.11 Å². The fourth-order valence-corrected chi connectivity index (χ4v) is 2.06. The normalized spacial score (nSPS) is 10.3. The predicted molar refractivity (Wildman–Crippen MR) is 73.0 cm³/mol. The van der Waals surface area contributed by atoms with Crippen LogP contribution >= 0.6 is 11.6 Å². The Bertz CT molecular complexity index is 601. The largest absolute Gasteiger partial charge is 0.508 e. The van der Waals surface area contributed by atoms with Crippen molar-refractivity contribution in [3.63, 3.8) is 0 Å². The number of hydrogen-bond acceptors (Lipinski definition) is 3. The van der Waals surface area contributed by atoms with E-state index in [0.29, 0.717) is 17.9 Å². The van der Waals surface area contributed by atoms with Gasteiger partial charge in [-0.05, 0) is 18.6 Å². The van der Waals surface area contributed by atoms with E-state index < -0.39 is 0 Å². The second-order valence-electron chi connectivity index (χ2n) is 4.25. The maximum Gasteiger partial charge on any atom is 0.120 e. The zero-order valence-corrected chi connectivity index (χ0v) is 11.1. The molecule has 0 aliphatic carbocycles. The first kappa shape index (κ1) is 13.4. The van der Waals surface area contributed by atoms with E-state index in [1.165, 1.54) is 6.07 Å². The van der Waals surface area contributed by atoms with Crippen molar-refractivity contribution in [3.8, 4) is 11.8 Å². The number of nitrogens with zero attached hydrogens (tertiary/aromatic N) is 3. The number of aromatic nitrogens is 2. The predicted octanol–water partition coefficient (Wildman–Crippen LogP) is 3.14. The van der Waals surface area contributed by atoms with Gasteiger partial charge in [0, 0.05) is 42.4 Å². The Hall–Kier alpha value is -1.99. The topological polar surface area (TPSA) is 61.8 Å². The molecule has 0 saturated heterocycles. The third-order valence-electron chi connectivity index (χ3n) is 2.89. The maximum atomic E-state index is 9.83. The van der Waals surface area contributed by atoms with Crippen molar-refractivity contribution in [1.29, 1.82) is 5.26 Å². The Morgan fingerprint density at radius 2 is 2.26 bits per heavy atom. The van der Waals surface area contributed by atoms with Crippen LogP contribution in [0, 0.1) is 11.3 Å². The average molecular weight is 276 g/mol. The zero-order valence-electron chi connectivity index (χ0n) is 10.4.